The Hall–Kier alpha value is -1.36. The Morgan fingerprint density at radius 2 is 2.20 bits per heavy atom. The molecule has 0 unspecified atom stereocenters. The van der Waals surface area contributed by atoms with Crippen molar-refractivity contribution in [2.45, 2.75) is 32.9 Å². The van der Waals surface area contributed by atoms with Crippen molar-refractivity contribution in [1.82, 2.24) is 9.55 Å². The molecule has 0 aliphatic carbocycles. The Bertz CT molecular complexity index is 462. The first-order valence-corrected chi connectivity index (χ1v) is 4.88. The molecule has 5 nitrogen and oxygen atoms in total. The van der Waals surface area contributed by atoms with E-state index in [0.717, 1.165) is 0 Å². The van der Waals surface area contributed by atoms with Crippen LogP contribution in [-0.4, -0.2) is 21.3 Å². The predicted molar refractivity (Wildman–Crippen MR) is 53.9 cm³/mol. The zero-order valence-corrected chi connectivity index (χ0v) is 9.07. The van der Waals surface area contributed by atoms with Gasteiger partial charge in [-0.3, -0.25) is 9.36 Å². The summed E-state index contributed by atoms with van der Waals surface area (Å²) in [5.41, 5.74) is -0.603. The number of aromatic hydroxyl groups is 1. The second-order valence-electron chi connectivity index (χ2n) is 4.18. The number of aryl methyl sites for hydroxylation is 1. The van der Waals surface area contributed by atoms with Gasteiger partial charge >= 0.3 is 0 Å². The Morgan fingerprint density at radius 1 is 1.53 bits per heavy atom. The molecule has 5 heteroatoms. The highest BCUT2D eigenvalue weighted by Crippen LogP contribution is 2.26. The minimum Gasteiger partial charge on any atom is -0.502 e. The third-order valence-electron chi connectivity index (χ3n) is 2.64. The van der Waals surface area contributed by atoms with Gasteiger partial charge < -0.3 is 9.84 Å². The first-order chi connectivity index (χ1) is 6.93. The van der Waals surface area contributed by atoms with E-state index in [9.17, 15) is 9.90 Å². The van der Waals surface area contributed by atoms with Crippen LogP contribution in [-0.2, 0) is 16.9 Å². The smallest absolute Gasteiger partial charge is 0.296 e. The molecule has 82 valence electrons. The Kier molecular flexibility index (Phi) is 2.08. The highest BCUT2D eigenvalue weighted by molar-refractivity contribution is 5.24. The Labute approximate surface area is 87.3 Å². The molecule has 1 aliphatic rings. The van der Waals surface area contributed by atoms with Gasteiger partial charge in [0.25, 0.3) is 5.56 Å². The summed E-state index contributed by atoms with van der Waals surface area (Å²) in [5.74, 6) is 0.311. The molecule has 0 fully saturated rings. The first-order valence-electron chi connectivity index (χ1n) is 4.88. The average Bonchev–Trinajstić information content (AvgIpc) is 2.16. The highest BCUT2D eigenvalue weighted by Gasteiger charge is 2.32. The summed E-state index contributed by atoms with van der Waals surface area (Å²) in [6.45, 7) is 6.24. The highest BCUT2D eigenvalue weighted by atomic mass is 16.5. The molecule has 15 heavy (non-hydrogen) atoms. The van der Waals surface area contributed by atoms with Crippen LogP contribution in [0.15, 0.2) is 4.79 Å². The summed E-state index contributed by atoms with van der Waals surface area (Å²) in [6, 6.07) is 0. The lowest BCUT2D eigenvalue weighted by atomic mass is 10.1. The van der Waals surface area contributed by atoms with E-state index in [4.69, 9.17) is 4.74 Å². The lowest BCUT2D eigenvalue weighted by Gasteiger charge is -2.32. The zero-order chi connectivity index (χ0) is 11.2. The van der Waals surface area contributed by atoms with Gasteiger partial charge in [0, 0.05) is 0 Å². The second-order valence-corrected chi connectivity index (χ2v) is 4.18. The summed E-state index contributed by atoms with van der Waals surface area (Å²) in [7, 11) is 0. The summed E-state index contributed by atoms with van der Waals surface area (Å²) < 4.78 is 7.02. The van der Waals surface area contributed by atoms with Gasteiger partial charge in [-0.15, -0.1) is 0 Å². The molecular formula is C10H14N2O3. The van der Waals surface area contributed by atoms with E-state index in [1.807, 2.05) is 13.8 Å². The largest absolute Gasteiger partial charge is 0.502 e. The standard InChI is InChI=1S/C10H14N2O3/c1-6-7(13)8(14)12-4-5-15-10(2,3)9(12)11-6/h13H,4-5H2,1-3H3. The van der Waals surface area contributed by atoms with E-state index < -0.39 is 5.60 Å². The molecule has 1 N–H and O–H groups in total. The minimum atomic E-state index is -0.574. The summed E-state index contributed by atoms with van der Waals surface area (Å²) in [5, 5.41) is 9.50. The zero-order valence-electron chi connectivity index (χ0n) is 9.07. The van der Waals surface area contributed by atoms with Crippen molar-refractivity contribution in [1.29, 1.82) is 0 Å². The van der Waals surface area contributed by atoms with Crippen molar-refractivity contribution in [2.75, 3.05) is 6.61 Å². The van der Waals surface area contributed by atoms with Gasteiger partial charge in [0.1, 0.15) is 11.4 Å². The number of ether oxygens (including phenoxy) is 1. The maximum Gasteiger partial charge on any atom is 0.296 e. The molecule has 1 aliphatic heterocycles. The third-order valence-corrected chi connectivity index (χ3v) is 2.64. The molecule has 0 saturated carbocycles. The van der Waals surface area contributed by atoms with Gasteiger partial charge in [-0.25, -0.2) is 4.98 Å². The van der Waals surface area contributed by atoms with Crippen LogP contribution in [0.3, 0.4) is 0 Å². The van der Waals surface area contributed by atoms with Crippen molar-refractivity contribution >= 4 is 0 Å². The molecule has 1 aromatic heterocycles. The van der Waals surface area contributed by atoms with Crippen molar-refractivity contribution < 1.29 is 9.84 Å². The number of rotatable bonds is 0. The molecule has 0 saturated heterocycles. The molecular weight excluding hydrogens is 196 g/mol. The Morgan fingerprint density at radius 3 is 2.87 bits per heavy atom. The molecule has 0 radical (unpaired) electrons. The molecule has 1 aromatic rings. The maximum absolute atomic E-state index is 11.7. The van der Waals surface area contributed by atoms with Crippen molar-refractivity contribution in [3.63, 3.8) is 0 Å². The summed E-state index contributed by atoms with van der Waals surface area (Å²) >= 11 is 0. The van der Waals surface area contributed by atoms with E-state index in [0.29, 0.717) is 24.7 Å². The maximum atomic E-state index is 11.7. The second kappa shape index (κ2) is 3.06. The molecule has 0 atom stereocenters. The number of nitrogens with zero attached hydrogens (tertiary/aromatic N) is 2. The van der Waals surface area contributed by atoms with Crippen LogP contribution in [0.2, 0.25) is 0 Å². The molecule has 0 spiro atoms. The van der Waals surface area contributed by atoms with Crippen LogP contribution in [0.5, 0.6) is 5.75 Å². The van der Waals surface area contributed by atoms with E-state index >= 15 is 0 Å². The third kappa shape index (κ3) is 1.43. The monoisotopic (exact) mass is 210 g/mol. The normalized spacial score (nSPS) is 18.6. The quantitative estimate of drug-likeness (QED) is 0.678. The van der Waals surface area contributed by atoms with Crippen LogP contribution < -0.4 is 5.56 Å². The number of hydrogen-bond acceptors (Lipinski definition) is 4. The van der Waals surface area contributed by atoms with Crippen molar-refractivity contribution in [2.24, 2.45) is 0 Å². The van der Waals surface area contributed by atoms with Gasteiger partial charge in [-0.1, -0.05) is 0 Å². The van der Waals surface area contributed by atoms with Gasteiger partial charge in [0.05, 0.1) is 18.8 Å². The van der Waals surface area contributed by atoms with E-state index in [1.165, 1.54) is 4.57 Å². The molecule has 0 bridgehead atoms. The fourth-order valence-electron chi connectivity index (χ4n) is 1.77. The predicted octanol–water partition coefficient (Wildman–Crippen LogP) is 0.523. The molecule has 2 heterocycles. The van der Waals surface area contributed by atoms with Gasteiger partial charge in [-0.05, 0) is 20.8 Å². The first kappa shape index (κ1) is 10.2. The number of hydrogen-bond donors (Lipinski definition) is 1. The fraction of sp³-hybridized carbons (Fsp3) is 0.600. The van der Waals surface area contributed by atoms with Gasteiger partial charge in [-0.2, -0.15) is 0 Å². The molecule has 0 amide bonds. The lowest BCUT2D eigenvalue weighted by Crippen LogP contribution is -2.41. The van der Waals surface area contributed by atoms with Crippen molar-refractivity contribution in [3.8, 4) is 5.75 Å². The van der Waals surface area contributed by atoms with E-state index in [1.54, 1.807) is 6.92 Å². The summed E-state index contributed by atoms with van der Waals surface area (Å²) in [6.07, 6.45) is 0. The van der Waals surface area contributed by atoms with Crippen LogP contribution in [0, 0.1) is 6.92 Å². The van der Waals surface area contributed by atoms with Crippen LogP contribution in [0.25, 0.3) is 0 Å². The average molecular weight is 210 g/mol. The fourth-order valence-corrected chi connectivity index (χ4v) is 1.77. The van der Waals surface area contributed by atoms with E-state index in [2.05, 4.69) is 4.98 Å². The summed E-state index contributed by atoms with van der Waals surface area (Å²) in [4.78, 5) is 16.0. The van der Waals surface area contributed by atoms with Crippen LogP contribution in [0.4, 0.5) is 0 Å². The SMILES string of the molecule is Cc1nc2n(c(=O)c1O)CCOC2(C)C. The van der Waals surface area contributed by atoms with Crippen molar-refractivity contribution in [3.05, 3.63) is 21.9 Å². The van der Waals surface area contributed by atoms with Gasteiger partial charge in [0.2, 0.25) is 5.75 Å². The minimum absolute atomic E-state index is 0.267. The number of aromatic nitrogens is 2. The van der Waals surface area contributed by atoms with Crippen LogP contribution in [0.1, 0.15) is 25.4 Å². The number of fused-ring (bicyclic) bond motifs is 1. The Balaban J connectivity index is 2.75. The topological polar surface area (TPSA) is 64.4 Å². The molecule has 0 aromatic carbocycles. The lowest BCUT2D eigenvalue weighted by molar-refractivity contribution is -0.0567. The van der Waals surface area contributed by atoms with Gasteiger partial charge in [0.15, 0.2) is 0 Å². The molecule has 2 rings (SSSR count). The van der Waals surface area contributed by atoms with Crippen LogP contribution >= 0.6 is 0 Å². The van der Waals surface area contributed by atoms with E-state index in [-0.39, 0.29) is 11.3 Å².